The number of halogens is 1. The Balaban J connectivity index is 1.76. The van der Waals surface area contributed by atoms with Gasteiger partial charge in [-0.15, -0.1) is 0 Å². The van der Waals surface area contributed by atoms with Gasteiger partial charge in [0, 0.05) is 33.7 Å². The Bertz CT molecular complexity index is 1150. The minimum atomic E-state index is -0.162. The van der Waals surface area contributed by atoms with Gasteiger partial charge in [0.15, 0.2) is 0 Å². The highest BCUT2D eigenvalue weighted by Gasteiger charge is 2.17. The number of amides is 1. The Morgan fingerprint density at radius 2 is 1.96 bits per heavy atom. The fourth-order valence-electron chi connectivity index (χ4n) is 2.98. The normalized spacial score (nSPS) is 11.0. The van der Waals surface area contributed by atoms with Crippen LogP contribution in [0.5, 0.6) is 11.5 Å². The van der Waals surface area contributed by atoms with E-state index >= 15 is 0 Å². The van der Waals surface area contributed by atoms with Crippen molar-refractivity contribution in [3.8, 4) is 11.5 Å². The van der Waals surface area contributed by atoms with Crippen molar-refractivity contribution in [2.45, 2.75) is 6.92 Å². The number of hydrogen-bond donors (Lipinski definition) is 1. The maximum atomic E-state index is 12.0. The zero-order chi connectivity index (χ0) is 18.3. The van der Waals surface area contributed by atoms with Gasteiger partial charge in [-0.25, -0.2) is 0 Å². The topological polar surface area (TPSA) is 64.4 Å². The summed E-state index contributed by atoms with van der Waals surface area (Å²) < 4.78 is 12.9. The van der Waals surface area contributed by atoms with Crippen molar-refractivity contribution in [3.63, 3.8) is 0 Å². The molecule has 26 heavy (non-hydrogen) atoms. The van der Waals surface area contributed by atoms with Crippen LogP contribution in [0.2, 0.25) is 0 Å². The number of hydrogen-bond acceptors (Lipinski definition) is 4. The van der Waals surface area contributed by atoms with Crippen LogP contribution in [-0.2, 0) is 0 Å². The van der Waals surface area contributed by atoms with Crippen molar-refractivity contribution in [2.75, 3.05) is 7.05 Å². The smallest absolute Gasteiger partial charge is 0.255 e. The summed E-state index contributed by atoms with van der Waals surface area (Å²) in [5, 5.41) is 4.35. The molecule has 0 aliphatic heterocycles. The second-order valence-electron chi connectivity index (χ2n) is 5.84. The van der Waals surface area contributed by atoms with Gasteiger partial charge in [-0.2, -0.15) is 0 Å². The molecule has 0 saturated heterocycles. The average molecular weight is 458 g/mol. The second kappa shape index (κ2) is 6.60. The van der Waals surface area contributed by atoms with Crippen molar-refractivity contribution in [1.82, 2.24) is 10.3 Å². The zero-order valence-corrected chi connectivity index (χ0v) is 16.3. The summed E-state index contributed by atoms with van der Waals surface area (Å²) in [6, 6.07) is 13.3. The number of carbonyl (C=O) groups is 1. The SMILES string of the molecule is CNC(=O)c1c(C)oc2cc(Oc3ccnc4cc(I)ccc34)ccc12. The highest BCUT2D eigenvalue weighted by molar-refractivity contribution is 14.1. The van der Waals surface area contributed by atoms with Gasteiger partial charge in [-0.05, 0) is 65.9 Å². The molecule has 2 aromatic heterocycles. The van der Waals surface area contributed by atoms with Crippen LogP contribution in [0.25, 0.3) is 21.9 Å². The molecule has 0 aliphatic carbocycles. The molecule has 1 amide bonds. The Labute approximate surface area is 163 Å². The van der Waals surface area contributed by atoms with Gasteiger partial charge in [-0.3, -0.25) is 9.78 Å². The fourth-order valence-corrected chi connectivity index (χ4v) is 3.46. The molecule has 0 aliphatic rings. The van der Waals surface area contributed by atoms with E-state index in [0.29, 0.717) is 22.7 Å². The number of pyridine rings is 1. The monoisotopic (exact) mass is 458 g/mol. The molecule has 130 valence electrons. The maximum Gasteiger partial charge on any atom is 0.255 e. The number of nitrogens with one attached hydrogen (secondary N) is 1. The summed E-state index contributed by atoms with van der Waals surface area (Å²) in [5.74, 6) is 1.78. The molecule has 2 heterocycles. The van der Waals surface area contributed by atoms with Crippen LogP contribution in [0.3, 0.4) is 0 Å². The molecule has 0 atom stereocenters. The van der Waals surface area contributed by atoms with Crippen LogP contribution in [0.1, 0.15) is 16.1 Å². The fraction of sp³-hybridized carbons (Fsp3) is 0.100. The molecule has 2 aromatic carbocycles. The highest BCUT2D eigenvalue weighted by Crippen LogP contribution is 2.33. The lowest BCUT2D eigenvalue weighted by atomic mass is 10.1. The summed E-state index contributed by atoms with van der Waals surface area (Å²) >= 11 is 2.26. The van der Waals surface area contributed by atoms with Crippen molar-refractivity contribution in [2.24, 2.45) is 0 Å². The molecule has 0 fully saturated rings. The third-order valence-corrected chi connectivity index (χ3v) is 4.86. The van der Waals surface area contributed by atoms with E-state index in [1.165, 1.54) is 0 Å². The number of aromatic nitrogens is 1. The molecule has 6 heteroatoms. The van der Waals surface area contributed by atoms with Gasteiger partial charge in [0.05, 0.1) is 11.1 Å². The maximum absolute atomic E-state index is 12.0. The third kappa shape index (κ3) is 2.90. The molecule has 0 unspecified atom stereocenters. The van der Waals surface area contributed by atoms with Gasteiger partial charge >= 0.3 is 0 Å². The molecule has 0 saturated carbocycles. The van der Waals surface area contributed by atoms with E-state index in [2.05, 4.69) is 32.9 Å². The summed E-state index contributed by atoms with van der Waals surface area (Å²) in [6.45, 7) is 1.78. The zero-order valence-electron chi connectivity index (χ0n) is 14.2. The number of nitrogens with zero attached hydrogens (tertiary/aromatic N) is 1. The number of rotatable bonds is 3. The van der Waals surface area contributed by atoms with E-state index in [1.807, 2.05) is 36.4 Å². The first-order chi connectivity index (χ1) is 12.6. The molecule has 5 nitrogen and oxygen atoms in total. The summed E-state index contributed by atoms with van der Waals surface area (Å²) in [4.78, 5) is 16.4. The van der Waals surface area contributed by atoms with Gasteiger partial charge in [0.25, 0.3) is 5.91 Å². The van der Waals surface area contributed by atoms with Crippen LogP contribution in [-0.4, -0.2) is 17.9 Å². The van der Waals surface area contributed by atoms with E-state index in [1.54, 1.807) is 26.2 Å². The first-order valence-corrected chi connectivity index (χ1v) is 9.12. The van der Waals surface area contributed by atoms with Crippen LogP contribution in [0.4, 0.5) is 0 Å². The third-order valence-electron chi connectivity index (χ3n) is 4.18. The van der Waals surface area contributed by atoms with Crippen LogP contribution < -0.4 is 10.1 Å². The van der Waals surface area contributed by atoms with Gasteiger partial charge in [0.2, 0.25) is 0 Å². The lowest BCUT2D eigenvalue weighted by molar-refractivity contribution is 0.0963. The quantitative estimate of drug-likeness (QED) is 0.437. The van der Waals surface area contributed by atoms with E-state index < -0.39 is 0 Å². The number of carbonyl (C=O) groups excluding carboxylic acids is 1. The number of ether oxygens (including phenoxy) is 1. The van der Waals surface area contributed by atoms with E-state index in [9.17, 15) is 4.79 Å². The lowest BCUT2D eigenvalue weighted by Crippen LogP contribution is -2.18. The van der Waals surface area contributed by atoms with Crippen molar-refractivity contribution >= 4 is 50.4 Å². The van der Waals surface area contributed by atoms with Gasteiger partial charge in [0.1, 0.15) is 22.8 Å². The number of furan rings is 1. The minimum absolute atomic E-state index is 0.162. The van der Waals surface area contributed by atoms with E-state index in [0.717, 1.165) is 25.6 Å². The predicted octanol–water partition coefficient (Wildman–Crippen LogP) is 5.05. The Hall–Kier alpha value is -2.61. The van der Waals surface area contributed by atoms with Crippen molar-refractivity contribution in [1.29, 1.82) is 0 Å². The minimum Gasteiger partial charge on any atom is -0.460 e. The molecular weight excluding hydrogens is 443 g/mol. The molecule has 4 aromatic rings. The second-order valence-corrected chi connectivity index (χ2v) is 7.09. The van der Waals surface area contributed by atoms with Crippen LogP contribution in [0.15, 0.2) is 53.1 Å². The van der Waals surface area contributed by atoms with E-state index in [4.69, 9.17) is 9.15 Å². The van der Waals surface area contributed by atoms with Crippen LogP contribution in [0, 0.1) is 10.5 Å². The molecule has 0 spiro atoms. The summed E-state index contributed by atoms with van der Waals surface area (Å²) in [6.07, 6.45) is 1.73. The molecule has 1 N–H and O–H groups in total. The van der Waals surface area contributed by atoms with Gasteiger partial charge in [-0.1, -0.05) is 0 Å². The molecule has 0 bridgehead atoms. The standard InChI is InChI=1S/C20H15IN2O3/c1-11-19(20(24)22-2)15-6-4-13(10-18(15)25-11)26-17-7-8-23-16-9-12(21)3-5-14(16)17/h3-10H,1-2H3,(H,22,24). The number of aryl methyl sites for hydroxylation is 1. The summed E-state index contributed by atoms with van der Waals surface area (Å²) in [5.41, 5.74) is 2.05. The molecule has 0 radical (unpaired) electrons. The van der Waals surface area contributed by atoms with Gasteiger partial charge < -0.3 is 14.5 Å². The highest BCUT2D eigenvalue weighted by atomic mass is 127. The first-order valence-electron chi connectivity index (χ1n) is 8.04. The van der Waals surface area contributed by atoms with E-state index in [-0.39, 0.29) is 5.91 Å². The average Bonchev–Trinajstić information content (AvgIpc) is 2.96. The number of benzene rings is 2. The molecule has 4 rings (SSSR count). The number of fused-ring (bicyclic) bond motifs is 2. The largest absolute Gasteiger partial charge is 0.460 e. The van der Waals surface area contributed by atoms with Crippen LogP contribution >= 0.6 is 22.6 Å². The lowest BCUT2D eigenvalue weighted by Gasteiger charge is -2.09. The summed E-state index contributed by atoms with van der Waals surface area (Å²) in [7, 11) is 1.60. The van der Waals surface area contributed by atoms with Crippen molar-refractivity contribution in [3.05, 3.63) is 63.6 Å². The predicted molar refractivity (Wildman–Crippen MR) is 109 cm³/mol. The molecular formula is C20H15IN2O3. The Morgan fingerprint density at radius 3 is 2.77 bits per heavy atom. The Kier molecular flexibility index (Phi) is 4.28. The first kappa shape index (κ1) is 16.8. The van der Waals surface area contributed by atoms with Crippen molar-refractivity contribution < 1.29 is 13.9 Å². The Morgan fingerprint density at radius 1 is 1.15 bits per heavy atom.